The zero-order chi connectivity index (χ0) is 20.1. The van der Waals surface area contributed by atoms with Gasteiger partial charge in [-0.1, -0.05) is 0 Å². The summed E-state index contributed by atoms with van der Waals surface area (Å²) in [6.45, 7) is 0.298. The molecular formula is C19H15BrF2N6O. The molecule has 2 N–H and O–H groups in total. The van der Waals surface area contributed by atoms with Crippen LogP contribution in [-0.2, 0) is 6.42 Å². The normalized spacial score (nSPS) is 14.0. The van der Waals surface area contributed by atoms with Crippen LogP contribution in [0.2, 0.25) is 0 Å². The van der Waals surface area contributed by atoms with E-state index in [4.69, 9.17) is 0 Å². The Bertz CT molecular complexity index is 1220. The number of amides is 1. The van der Waals surface area contributed by atoms with E-state index in [-0.39, 0.29) is 5.91 Å². The molecule has 29 heavy (non-hydrogen) atoms. The zero-order valence-electron chi connectivity index (χ0n) is 15.0. The number of hydrogen-bond acceptors (Lipinski definition) is 4. The number of fused-ring (bicyclic) bond motifs is 2. The van der Waals surface area contributed by atoms with Crippen LogP contribution in [0, 0.1) is 11.6 Å². The number of H-pyrrole nitrogens is 1. The van der Waals surface area contributed by atoms with E-state index < -0.39 is 11.6 Å². The van der Waals surface area contributed by atoms with E-state index in [0.717, 1.165) is 35.3 Å². The molecule has 148 valence electrons. The molecule has 1 saturated carbocycles. The second-order valence-electron chi connectivity index (χ2n) is 7.07. The van der Waals surface area contributed by atoms with Gasteiger partial charge >= 0.3 is 0 Å². The minimum atomic E-state index is -0.943. The fourth-order valence-corrected chi connectivity index (χ4v) is 3.76. The molecule has 3 aromatic heterocycles. The minimum Gasteiger partial charge on any atom is -0.351 e. The summed E-state index contributed by atoms with van der Waals surface area (Å²) >= 11 is 3.44. The van der Waals surface area contributed by atoms with Gasteiger partial charge in [-0.2, -0.15) is 0 Å². The number of aromatic amines is 1. The van der Waals surface area contributed by atoms with E-state index in [2.05, 4.69) is 41.4 Å². The van der Waals surface area contributed by atoms with Crippen molar-refractivity contribution in [3.8, 4) is 0 Å². The lowest BCUT2D eigenvalue weighted by Crippen LogP contribution is -2.26. The fourth-order valence-electron chi connectivity index (χ4n) is 3.33. The van der Waals surface area contributed by atoms with Crippen molar-refractivity contribution < 1.29 is 13.6 Å². The van der Waals surface area contributed by atoms with E-state index in [1.165, 1.54) is 0 Å². The van der Waals surface area contributed by atoms with Crippen LogP contribution in [-0.4, -0.2) is 37.0 Å². The standard InChI is InChI=1S/C19H15BrF2N6O/c20-10-5-11(18-27-26-17(9-1-2-9)28(18)8-10)19(29)23-4-3-16-24-14-6-12(21)13(22)7-15(14)25-16/h5-9H,1-4H2,(H,23,29)(H,24,25). The Labute approximate surface area is 171 Å². The van der Waals surface area contributed by atoms with Gasteiger partial charge in [0.05, 0.1) is 16.6 Å². The Hall–Kier alpha value is -2.88. The minimum absolute atomic E-state index is 0.278. The summed E-state index contributed by atoms with van der Waals surface area (Å²) in [6.07, 6.45) is 4.42. The van der Waals surface area contributed by atoms with Crippen molar-refractivity contribution in [3.05, 3.63) is 57.7 Å². The summed E-state index contributed by atoms with van der Waals surface area (Å²) in [5, 5.41) is 11.3. The molecule has 4 aromatic rings. The van der Waals surface area contributed by atoms with Gasteiger partial charge < -0.3 is 10.3 Å². The number of imidazole rings is 1. The molecule has 0 aliphatic heterocycles. The van der Waals surface area contributed by atoms with Gasteiger partial charge in [0.1, 0.15) is 11.6 Å². The van der Waals surface area contributed by atoms with E-state index in [1.54, 1.807) is 6.07 Å². The summed E-state index contributed by atoms with van der Waals surface area (Å²) in [5.41, 5.74) is 1.69. The summed E-state index contributed by atoms with van der Waals surface area (Å²) in [5.74, 6) is -0.350. The average Bonchev–Trinajstić information content (AvgIpc) is 3.32. The number of aromatic nitrogens is 5. The number of pyridine rings is 1. The van der Waals surface area contributed by atoms with Crippen molar-refractivity contribution in [1.29, 1.82) is 0 Å². The molecule has 1 aromatic carbocycles. The van der Waals surface area contributed by atoms with Crippen LogP contribution in [0.1, 0.15) is 40.8 Å². The molecule has 0 radical (unpaired) electrons. The lowest BCUT2D eigenvalue weighted by molar-refractivity contribution is 0.0955. The van der Waals surface area contributed by atoms with Gasteiger partial charge in [-0.3, -0.25) is 9.20 Å². The number of halogens is 3. The molecule has 5 rings (SSSR count). The topological polar surface area (TPSA) is 88.0 Å². The maximum absolute atomic E-state index is 13.3. The predicted molar refractivity (Wildman–Crippen MR) is 105 cm³/mol. The first-order chi connectivity index (χ1) is 14.0. The predicted octanol–water partition coefficient (Wildman–Crippen LogP) is 3.50. The Morgan fingerprint density at radius 2 is 2.03 bits per heavy atom. The third kappa shape index (κ3) is 3.37. The number of rotatable bonds is 5. The number of carbonyl (C=O) groups excluding carboxylic acids is 1. The summed E-state index contributed by atoms with van der Waals surface area (Å²) in [7, 11) is 0. The average molecular weight is 461 g/mol. The van der Waals surface area contributed by atoms with Crippen LogP contribution in [0.5, 0.6) is 0 Å². The molecule has 1 amide bonds. The fraction of sp³-hybridized carbons (Fsp3) is 0.263. The van der Waals surface area contributed by atoms with E-state index >= 15 is 0 Å². The van der Waals surface area contributed by atoms with Crippen molar-refractivity contribution in [3.63, 3.8) is 0 Å². The van der Waals surface area contributed by atoms with Crippen LogP contribution in [0.15, 0.2) is 28.9 Å². The molecule has 1 aliphatic rings. The number of nitrogens with one attached hydrogen (secondary N) is 2. The van der Waals surface area contributed by atoms with Crippen LogP contribution >= 0.6 is 15.9 Å². The summed E-state index contributed by atoms with van der Waals surface area (Å²) < 4.78 is 29.3. The van der Waals surface area contributed by atoms with Gasteiger partial charge in [0.25, 0.3) is 5.91 Å². The van der Waals surface area contributed by atoms with Crippen molar-refractivity contribution in [2.75, 3.05) is 6.54 Å². The maximum Gasteiger partial charge on any atom is 0.255 e. The summed E-state index contributed by atoms with van der Waals surface area (Å²) in [4.78, 5) is 19.9. The molecular weight excluding hydrogens is 446 g/mol. The highest BCUT2D eigenvalue weighted by Gasteiger charge is 2.29. The second-order valence-corrected chi connectivity index (χ2v) is 7.99. The largest absolute Gasteiger partial charge is 0.351 e. The molecule has 7 nitrogen and oxygen atoms in total. The zero-order valence-corrected chi connectivity index (χ0v) is 16.6. The van der Waals surface area contributed by atoms with Gasteiger partial charge in [0.15, 0.2) is 17.3 Å². The van der Waals surface area contributed by atoms with Crippen LogP contribution < -0.4 is 5.32 Å². The highest BCUT2D eigenvalue weighted by Crippen LogP contribution is 2.39. The lowest BCUT2D eigenvalue weighted by Gasteiger charge is -2.07. The monoisotopic (exact) mass is 460 g/mol. The molecule has 0 bridgehead atoms. The van der Waals surface area contributed by atoms with Gasteiger partial charge in [-0.15, -0.1) is 10.2 Å². The van der Waals surface area contributed by atoms with Crippen molar-refractivity contribution in [1.82, 2.24) is 29.9 Å². The highest BCUT2D eigenvalue weighted by atomic mass is 79.9. The van der Waals surface area contributed by atoms with Gasteiger partial charge in [-0.05, 0) is 34.8 Å². The lowest BCUT2D eigenvalue weighted by atomic mass is 10.2. The molecule has 3 heterocycles. The first-order valence-corrected chi connectivity index (χ1v) is 9.95. The maximum atomic E-state index is 13.3. The van der Waals surface area contributed by atoms with Crippen molar-refractivity contribution >= 4 is 38.5 Å². The second kappa shape index (κ2) is 6.87. The molecule has 1 fully saturated rings. The third-order valence-electron chi connectivity index (χ3n) is 4.91. The first-order valence-electron chi connectivity index (χ1n) is 9.15. The Morgan fingerprint density at radius 1 is 1.24 bits per heavy atom. The third-order valence-corrected chi connectivity index (χ3v) is 5.34. The Balaban J connectivity index is 1.32. The number of benzene rings is 1. The van der Waals surface area contributed by atoms with Gasteiger partial charge in [0, 0.05) is 41.7 Å². The Morgan fingerprint density at radius 3 is 2.83 bits per heavy atom. The van der Waals surface area contributed by atoms with Gasteiger partial charge in [-0.25, -0.2) is 13.8 Å². The van der Waals surface area contributed by atoms with Crippen LogP contribution in [0.4, 0.5) is 8.78 Å². The van der Waals surface area contributed by atoms with Crippen molar-refractivity contribution in [2.45, 2.75) is 25.2 Å². The molecule has 0 saturated heterocycles. The van der Waals surface area contributed by atoms with E-state index in [9.17, 15) is 13.6 Å². The summed E-state index contributed by atoms with van der Waals surface area (Å²) in [6, 6.07) is 3.83. The molecule has 10 heteroatoms. The van der Waals surface area contributed by atoms with E-state index in [1.807, 2.05) is 10.6 Å². The Kier molecular flexibility index (Phi) is 4.30. The number of hydrogen-bond donors (Lipinski definition) is 2. The smallest absolute Gasteiger partial charge is 0.255 e. The van der Waals surface area contributed by atoms with Crippen molar-refractivity contribution in [2.24, 2.45) is 0 Å². The SMILES string of the molecule is O=C(NCCc1nc2cc(F)c(F)cc2[nH]1)c1cc(Br)cn2c(C3CC3)nnc12. The van der Waals surface area contributed by atoms with Crippen LogP contribution in [0.25, 0.3) is 16.7 Å². The molecule has 0 spiro atoms. The van der Waals surface area contributed by atoms with Gasteiger partial charge in [0.2, 0.25) is 0 Å². The number of carbonyl (C=O) groups is 1. The first kappa shape index (κ1) is 18.2. The molecule has 0 atom stereocenters. The van der Waals surface area contributed by atoms with E-state index in [0.29, 0.717) is 47.0 Å². The quantitative estimate of drug-likeness (QED) is 0.477. The number of nitrogens with zero attached hydrogens (tertiary/aromatic N) is 4. The van der Waals surface area contributed by atoms with Crippen LogP contribution in [0.3, 0.4) is 0 Å². The molecule has 1 aliphatic carbocycles. The highest BCUT2D eigenvalue weighted by molar-refractivity contribution is 9.10. The molecule has 0 unspecified atom stereocenters.